The number of benzene rings is 4. The number of hydrogen-bond donors (Lipinski definition) is 2. The predicted molar refractivity (Wildman–Crippen MR) is 142 cm³/mol. The van der Waals surface area contributed by atoms with Gasteiger partial charge in [-0.2, -0.15) is 0 Å². The van der Waals surface area contributed by atoms with E-state index in [4.69, 9.17) is 0 Å². The summed E-state index contributed by atoms with van der Waals surface area (Å²) >= 11 is 0. The van der Waals surface area contributed by atoms with Crippen LogP contribution < -0.4 is 0 Å². The largest absolute Gasteiger partial charge is 0.478 e. The van der Waals surface area contributed by atoms with Crippen LogP contribution in [0.1, 0.15) is 48.6 Å². The van der Waals surface area contributed by atoms with Gasteiger partial charge in [-0.15, -0.1) is 0 Å². The molecule has 0 aliphatic carbocycles. The van der Waals surface area contributed by atoms with Gasteiger partial charge in [0.05, 0.1) is 11.1 Å². The van der Waals surface area contributed by atoms with Crippen molar-refractivity contribution in [1.82, 2.24) is 4.90 Å². The molecule has 4 aromatic rings. The highest BCUT2D eigenvalue weighted by Gasteiger charge is 2.18. The third-order valence-corrected chi connectivity index (χ3v) is 6.18. The molecule has 0 aliphatic heterocycles. The molecule has 2 N–H and O–H groups in total. The van der Waals surface area contributed by atoms with Crippen LogP contribution >= 0.6 is 0 Å². The summed E-state index contributed by atoms with van der Waals surface area (Å²) in [6.07, 6.45) is 1.56. The van der Waals surface area contributed by atoms with Crippen molar-refractivity contribution in [2.24, 2.45) is 0 Å². The van der Waals surface area contributed by atoms with Crippen LogP contribution in [0.5, 0.6) is 0 Å². The number of rotatable bonds is 10. The molecule has 6 nitrogen and oxygen atoms in total. The Balaban J connectivity index is 1.55. The SMILES string of the molecule is O=C(O)c1cccc(C(=O)N(CCCc2ccccc2)Cc2ccc(-c3ccccc3C(=O)O)cc2)c1. The first kappa shape index (κ1) is 25.4. The van der Waals surface area contributed by atoms with Gasteiger partial charge in [0.2, 0.25) is 0 Å². The average molecular weight is 494 g/mol. The Hall–Kier alpha value is -4.71. The Labute approximate surface area is 215 Å². The van der Waals surface area contributed by atoms with Gasteiger partial charge in [0.15, 0.2) is 0 Å². The molecule has 0 aromatic heterocycles. The summed E-state index contributed by atoms with van der Waals surface area (Å²) in [6.45, 7) is 0.834. The standard InChI is InChI=1S/C31H27NO5/c33-29(25-11-6-12-26(20-25)30(34)35)32(19-7-10-22-8-2-1-3-9-22)21-23-15-17-24(18-16-23)27-13-4-5-14-28(27)31(36)37/h1-6,8-9,11-18,20H,7,10,19,21H2,(H,34,35)(H,36,37). The van der Waals surface area contributed by atoms with Crippen LogP contribution in [-0.2, 0) is 13.0 Å². The molecule has 0 saturated carbocycles. The zero-order valence-electron chi connectivity index (χ0n) is 20.2. The molecule has 4 rings (SSSR count). The number of carboxylic acid groups (broad SMARTS) is 2. The van der Waals surface area contributed by atoms with Gasteiger partial charge in [0.25, 0.3) is 5.91 Å². The maximum Gasteiger partial charge on any atom is 0.336 e. The second kappa shape index (κ2) is 11.8. The lowest BCUT2D eigenvalue weighted by molar-refractivity contribution is 0.0685. The maximum atomic E-state index is 13.4. The Morgan fingerprint density at radius 2 is 1.32 bits per heavy atom. The Kier molecular flexibility index (Phi) is 8.11. The molecule has 186 valence electrons. The number of carbonyl (C=O) groups is 3. The molecule has 37 heavy (non-hydrogen) atoms. The molecule has 0 atom stereocenters. The average Bonchev–Trinajstić information content (AvgIpc) is 2.93. The van der Waals surface area contributed by atoms with Crippen molar-refractivity contribution in [3.8, 4) is 11.1 Å². The molecular weight excluding hydrogens is 466 g/mol. The van der Waals surface area contributed by atoms with Crippen molar-refractivity contribution in [3.63, 3.8) is 0 Å². The number of aryl methyl sites for hydroxylation is 1. The zero-order chi connectivity index (χ0) is 26.2. The lowest BCUT2D eigenvalue weighted by Gasteiger charge is -2.23. The lowest BCUT2D eigenvalue weighted by Crippen LogP contribution is -2.32. The van der Waals surface area contributed by atoms with E-state index >= 15 is 0 Å². The van der Waals surface area contributed by atoms with Gasteiger partial charge in [-0.05, 0) is 59.4 Å². The third-order valence-electron chi connectivity index (χ3n) is 6.18. The molecule has 0 fully saturated rings. The summed E-state index contributed by atoms with van der Waals surface area (Å²) in [7, 11) is 0. The van der Waals surface area contributed by atoms with Crippen molar-refractivity contribution in [2.45, 2.75) is 19.4 Å². The van der Waals surface area contributed by atoms with Crippen molar-refractivity contribution < 1.29 is 24.6 Å². The van der Waals surface area contributed by atoms with Crippen LogP contribution in [0.3, 0.4) is 0 Å². The number of nitrogens with zero attached hydrogens (tertiary/aromatic N) is 1. The summed E-state index contributed by atoms with van der Waals surface area (Å²) in [4.78, 5) is 38.2. The monoisotopic (exact) mass is 493 g/mol. The molecule has 0 aliphatic rings. The first-order valence-electron chi connectivity index (χ1n) is 12.0. The summed E-state index contributed by atoms with van der Waals surface area (Å²) in [5.74, 6) is -2.31. The smallest absolute Gasteiger partial charge is 0.336 e. The second-order valence-electron chi connectivity index (χ2n) is 8.75. The molecule has 0 spiro atoms. The molecule has 0 unspecified atom stereocenters. The fourth-order valence-electron chi connectivity index (χ4n) is 4.27. The van der Waals surface area contributed by atoms with Crippen LogP contribution in [0.4, 0.5) is 0 Å². The van der Waals surface area contributed by atoms with Gasteiger partial charge in [-0.1, -0.05) is 78.9 Å². The number of amides is 1. The topological polar surface area (TPSA) is 94.9 Å². The van der Waals surface area contributed by atoms with E-state index in [1.54, 1.807) is 41.3 Å². The highest BCUT2D eigenvalue weighted by molar-refractivity contribution is 5.97. The van der Waals surface area contributed by atoms with Crippen molar-refractivity contribution >= 4 is 17.8 Å². The summed E-state index contributed by atoms with van der Waals surface area (Å²) < 4.78 is 0. The van der Waals surface area contributed by atoms with Crippen LogP contribution in [-0.4, -0.2) is 39.5 Å². The molecule has 0 bridgehead atoms. The van der Waals surface area contributed by atoms with Gasteiger partial charge in [-0.3, -0.25) is 4.79 Å². The molecular formula is C31H27NO5. The van der Waals surface area contributed by atoms with E-state index in [2.05, 4.69) is 12.1 Å². The minimum Gasteiger partial charge on any atom is -0.478 e. The highest BCUT2D eigenvalue weighted by Crippen LogP contribution is 2.25. The minimum atomic E-state index is -1.08. The summed E-state index contributed by atoms with van der Waals surface area (Å²) in [5.41, 5.74) is 4.10. The van der Waals surface area contributed by atoms with E-state index in [0.717, 1.165) is 24.0 Å². The highest BCUT2D eigenvalue weighted by atomic mass is 16.4. The third kappa shape index (κ3) is 6.49. The normalized spacial score (nSPS) is 10.6. The van der Waals surface area contributed by atoms with Gasteiger partial charge in [-0.25, -0.2) is 9.59 Å². The Morgan fingerprint density at radius 1 is 0.649 bits per heavy atom. The fourth-order valence-corrected chi connectivity index (χ4v) is 4.27. The molecule has 4 aromatic carbocycles. The maximum absolute atomic E-state index is 13.4. The van der Waals surface area contributed by atoms with E-state index in [-0.39, 0.29) is 17.0 Å². The quantitative estimate of drug-likeness (QED) is 0.281. The van der Waals surface area contributed by atoms with E-state index in [0.29, 0.717) is 24.2 Å². The second-order valence-corrected chi connectivity index (χ2v) is 8.75. The van der Waals surface area contributed by atoms with E-state index in [1.807, 2.05) is 42.5 Å². The lowest BCUT2D eigenvalue weighted by atomic mass is 9.98. The van der Waals surface area contributed by atoms with Crippen molar-refractivity contribution in [1.29, 1.82) is 0 Å². The summed E-state index contributed by atoms with van der Waals surface area (Å²) in [6, 6.07) is 30.4. The molecule has 1 amide bonds. The van der Waals surface area contributed by atoms with Gasteiger partial charge < -0.3 is 15.1 Å². The first-order chi connectivity index (χ1) is 17.9. The van der Waals surface area contributed by atoms with Gasteiger partial charge in [0.1, 0.15) is 0 Å². The number of hydrogen-bond acceptors (Lipinski definition) is 3. The summed E-state index contributed by atoms with van der Waals surface area (Å²) in [5, 5.41) is 18.9. The van der Waals surface area contributed by atoms with E-state index in [9.17, 15) is 24.6 Å². The van der Waals surface area contributed by atoms with Crippen LogP contribution in [0.15, 0.2) is 103 Å². The molecule has 0 saturated heterocycles. The van der Waals surface area contributed by atoms with Crippen molar-refractivity contribution in [3.05, 3.63) is 131 Å². The Bertz CT molecular complexity index is 1400. The molecule has 0 radical (unpaired) electrons. The number of aromatic carboxylic acids is 2. The Morgan fingerprint density at radius 3 is 2.03 bits per heavy atom. The molecule has 0 heterocycles. The van der Waals surface area contributed by atoms with E-state index < -0.39 is 11.9 Å². The van der Waals surface area contributed by atoms with Crippen molar-refractivity contribution in [2.75, 3.05) is 6.54 Å². The van der Waals surface area contributed by atoms with E-state index in [1.165, 1.54) is 17.7 Å². The van der Waals surface area contributed by atoms with Crippen LogP contribution in [0.2, 0.25) is 0 Å². The molecule has 6 heteroatoms. The fraction of sp³-hybridized carbons (Fsp3) is 0.129. The zero-order valence-corrected chi connectivity index (χ0v) is 20.2. The van der Waals surface area contributed by atoms with Crippen LogP contribution in [0, 0.1) is 0 Å². The first-order valence-corrected chi connectivity index (χ1v) is 12.0. The number of carbonyl (C=O) groups excluding carboxylic acids is 1. The van der Waals surface area contributed by atoms with Gasteiger partial charge >= 0.3 is 11.9 Å². The van der Waals surface area contributed by atoms with Gasteiger partial charge in [0, 0.05) is 18.7 Å². The minimum absolute atomic E-state index is 0.0662. The predicted octanol–water partition coefficient (Wildman–Crippen LogP) is 6.03. The van der Waals surface area contributed by atoms with Crippen LogP contribution in [0.25, 0.3) is 11.1 Å². The number of carboxylic acids is 2.